The molecule has 0 radical (unpaired) electrons. The first kappa shape index (κ1) is 27.7. The van der Waals surface area contributed by atoms with Gasteiger partial charge in [0.25, 0.3) is 6.01 Å². The number of halogens is 2. The maximum atomic E-state index is 12.8. The molecule has 0 aliphatic carbocycles. The average Bonchev–Trinajstić information content (AvgIpc) is 3.27. The number of aromatic nitrogens is 3. The van der Waals surface area contributed by atoms with Crippen LogP contribution in [0.3, 0.4) is 0 Å². The van der Waals surface area contributed by atoms with Gasteiger partial charge in [0.15, 0.2) is 0 Å². The van der Waals surface area contributed by atoms with Gasteiger partial charge in [-0.25, -0.2) is 4.98 Å². The van der Waals surface area contributed by atoms with Gasteiger partial charge in [-0.3, -0.25) is 14.2 Å². The summed E-state index contributed by atoms with van der Waals surface area (Å²) in [6.07, 6.45) is 4.41. The highest BCUT2D eigenvalue weighted by molar-refractivity contribution is 6.38. The summed E-state index contributed by atoms with van der Waals surface area (Å²) >= 11 is 13.1. The summed E-state index contributed by atoms with van der Waals surface area (Å²) in [4.78, 5) is 34.8. The smallest absolute Gasteiger partial charge is 0.296 e. The zero-order valence-corrected chi connectivity index (χ0v) is 23.0. The molecular formula is C27H26Cl2N6O4. The molecule has 0 saturated heterocycles. The minimum Gasteiger partial charge on any atom is -0.486 e. The Kier molecular flexibility index (Phi) is 8.58. The fraction of sp³-hybridized carbons (Fsp3) is 0.185. The number of nitrogens with two attached hydrogens (primary N) is 1. The lowest BCUT2D eigenvalue weighted by atomic mass is 10.2. The Morgan fingerprint density at radius 3 is 2.69 bits per heavy atom. The molecule has 202 valence electrons. The number of amides is 2. The number of aryl methyl sites for hydroxylation is 1. The maximum Gasteiger partial charge on any atom is 0.296 e. The third-order valence-corrected chi connectivity index (χ3v) is 6.72. The van der Waals surface area contributed by atoms with E-state index in [2.05, 4.69) is 15.3 Å². The van der Waals surface area contributed by atoms with Crippen LogP contribution in [0.2, 0.25) is 10.0 Å². The summed E-state index contributed by atoms with van der Waals surface area (Å²) in [5.41, 5.74) is 8.63. The van der Waals surface area contributed by atoms with Gasteiger partial charge in [0.2, 0.25) is 11.8 Å². The molecule has 0 saturated carbocycles. The minimum absolute atomic E-state index is 0.0348. The number of rotatable bonds is 9. The molecule has 4 aromatic rings. The SMILES string of the molecule is COc1nc2c(OCc3c(Cl)ccc(N(C)C(=O)CNC(=O)/C=C/c4ccc(N)nc4)c3Cl)cccc2n1C. The molecule has 2 amide bonds. The summed E-state index contributed by atoms with van der Waals surface area (Å²) < 4.78 is 13.2. The van der Waals surface area contributed by atoms with Crippen molar-refractivity contribution in [1.29, 1.82) is 0 Å². The predicted molar refractivity (Wildman–Crippen MR) is 152 cm³/mol. The maximum absolute atomic E-state index is 12.8. The Morgan fingerprint density at radius 1 is 1.18 bits per heavy atom. The number of anilines is 2. The number of ether oxygens (including phenoxy) is 2. The van der Waals surface area contributed by atoms with Crippen LogP contribution in [0, 0.1) is 0 Å². The summed E-state index contributed by atoms with van der Waals surface area (Å²) in [5, 5.41) is 3.20. The molecule has 2 heterocycles. The predicted octanol–water partition coefficient (Wildman–Crippen LogP) is 4.24. The Balaban J connectivity index is 1.43. The summed E-state index contributed by atoms with van der Waals surface area (Å²) in [7, 11) is 4.95. The van der Waals surface area contributed by atoms with E-state index >= 15 is 0 Å². The van der Waals surface area contributed by atoms with Gasteiger partial charge in [0.1, 0.15) is 23.7 Å². The number of hydrogen-bond acceptors (Lipinski definition) is 7. The molecule has 0 aliphatic rings. The van der Waals surface area contributed by atoms with E-state index in [1.54, 1.807) is 50.6 Å². The number of benzene rings is 2. The zero-order valence-electron chi connectivity index (χ0n) is 21.4. The second kappa shape index (κ2) is 12.1. The van der Waals surface area contributed by atoms with Crippen molar-refractivity contribution in [1.82, 2.24) is 19.9 Å². The van der Waals surface area contributed by atoms with Gasteiger partial charge in [-0.2, -0.15) is 4.98 Å². The fourth-order valence-corrected chi connectivity index (χ4v) is 4.36. The van der Waals surface area contributed by atoms with Crippen LogP contribution in [0.25, 0.3) is 17.1 Å². The summed E-state index contributed by atoms with van der Waals surface area (Å²) in [5.74, 6) is 0.0865. The first-order chi connectivity index (χ1) is 18.7. The average molecular weight is 569 g/mol. The van der Waals surface area contributed by atoms with Crippen LogP contribution in [-0.4, -0.2) is 47.1 Å². The third kappa shape index (κ3) is 6.24. The van der Waals surface area contributed by atoms with E-state index in [0.717, 1.165) is 5.52 Å². The van der Waals surface area contributed by atoms with E-state index in [-0.39, 0.29) is 24.1 Å². The van der Waals surface area contributed by atoms with Crippen LogP contribution in [0.5, 0.6) is 11.8 Å². The van der Waals surface area contributed by atoms with Crippen LogP contribution in [-0.2, 0) is 23.2 Å². The molecule has 10 nitrogen and oxygen atoms in total. The zero-order chi connectivity index (χ0) is 28.1. The lowest BCUT2D eigenvalue weighted by Crippen LogP contribution is -2.37. The molecule has 0 bridgehead atoms. The number of nitrogen functional groups attached to an aromatic ring is 1. The molecule has 2 aromatic carbocycles. The first-order valence-electron chi connectivity index (χ1n) is 11.7. The highest BCUT2D eigenvalue weighted by Gasteiger charge is 2.20. The van der Waals surface area contributed by atoms with Crippen molar-refractivity contribution in [3.05, 3.63) is 75.9 Å². The van der Waals surface area contributed by atoms with Gasteiger partial charge in [0, 0.05) is 37.0 Å². The van der Waals surface area contributed by atoms with Gasteiger partial charge in [-0.15, -0.1) is 0 Å². The number of nitrogens with zero attached hydrogens (tertiary/aromatic N) is 4. The molecule has 2 aromatic heterocycles. The largest absolute Gasteiger partial charge is 0.486 e. The van der Waals surface area contributed by atoms with E-state index in [9.17, 15) is 9.59 Å². The molecule has 0 aliphatic heterocycles. The lowest BCUT2D eigenvalue weighted by molar-refractivity contribution is -0.122. The van der Waals surface area contributed by atoms with Crippen LogP contribution < -0.4 is 25.4 Å². The number of carbonyl (C=O) groups is 2. The normalized spacial score (nSPS) is 11.1. The molecule has 0 unspecified atom stereocenters. The lowest BCUT2D eigenvalue weighted by Gasteiger charge is -2.21. The number of likely N-dealkylation sites (N-methyl/N-ethyl adjacent to an activating group) is 1. The van der Waals surface area contributed by atoms with Crippen LogP contribution >= 0.6 is 23.2 Å². The van der Waals surface area contributed by atoms with Crippen molar-refractivity contribution in [3.63, 3.8) is 0 Å². The van der Waals surface area contributed by atoms with E-state index < -0.39 is 5.91 Å². The van der Waals surface area contributed by atoms with Crippen LogP contribution in [0.15, 0.2) is 54.7 Å². The molecule has 0 atom stereocenters. The van der Waals surface area contributed by atoms with Crippen molar-refractivity contribution >= 4 is 63.6 Å². The van der Waals surface area contributed by atoms with Crippen molar-refractivity contribution in [2.24, 2.45) is 7.05 Å². The van der Waals surface area contributed by atoms with Crippen molar-refractivity contribution in [2.75, 3.05) is 31.3 Å². The van der Waals surface area contributed by atoms with Crippen molar-refractivity contribution in [3.8, 4) is 11.8 Å². The second-order valence-electron chi connectivity index (χ2n) is 8.45. The first-order valence-corrected chi connectivity index (χ1v) is 12.5. The van der Waals surface area contributed by atoms with E-state index in [4.69, 9.17) is 38.4 Å². The Hall–Kier alpha value is -4.28. The Labute approximate surface area is 234 Å². The van der Waals surface area contributed by atoms with Crippen LogP contribution in [0.4, 0.5) is 11.5 Å². The van der Waals surface area contributed by atoms with Gasteiger partial charge < -0.3 is 25.4 Å². The van der Waals surface area contributed by atoms with Gasteiger partial charge in [0.05, 0.1) is 29.9 Å². The monoisotopic (exact) mass is 568 g/mol. The molecule has 3 N–H and O–H groups in total. The molecule has 0 fully saturated rings. The van der Waals surface area contributed by atoms with E-state index in [0.29, 0.717) is 44.9 Å². The van der Waals surface area contributed by atoms with Gasteiger partial charge in [-0.05, 0) is 48.0 Å². The quantitative estimate of drug-likeness (QED) is 0.289. The number of imidazole rings is 1. The summed E-state index contributed by atoms with van der Waals surface area (Å²) in [6.45, 7) is -0.207. The number of para-hydroxylation sites is 1. The van der Waals surface area contributed by atoms with Crippen molar-refractivity contribution < 1.29 is 19.1 Å². The van der Waals surface area contributed by atoms with Crippen molar-refractivity contribution in [2.45, 2.75) is 6.61 Å². The number of pyridine rings is 1. The molecule has 39 heavy (non-hydrogen) atoms. The fourth-order valence-electron chi connectivity index (χ4n) is 3.75. The number of carbonyl (C=O) groups excluding carboxylic acids is 2. The van der Waals surface area contributed by atoms with Gasteiger partial charge in [-0.1, -0.05) is 29.3 Å². The standard InChI is InChI=1S/C27H26Cl2N6O4/c1-34(24(37)14-32-23(36)12-8-16-7-11-22(30)31-13-16)19-10-9-18(28)17(25(19)29)15-39-21-6-4-5-20-26(21)33-27(38-3)35(20)2/h4-13H,14-15H2,1-3H3,(H2,30,31)(H,32,36)/b12-8+. The highest BCUT2D eigenvalue weighted by Crippen LogP contribution is 2.35. The third-order valence-electron chi connectivity index (χ3n) is 5.94. The highest BCUT2D eigenvalue weighted by atomic mass is 35.5. The molecule has 4 rings (SSSR count). The minimum atomic E-state index is -0.440. The number of nitrogens with one attached hydrogen (secondary N) is 1. The van der Waals surface area contributed by atoms with Crippen LogP contribution in [0.1, 0.15) is 11.1 Å². The van der Waals surface area contributed by atoms with E-state index in [1.165, 1.54) is 17.2 Å². The van der Waals surface area contributed by atoms with Gasteiger partial charge >= 0.3 is 0 Å². The Bertz CT molecular complexity index is 1550. The Morgan fingerprint density at radius 2 is 1.97 bits per heavy atom. The summed E-state index contributed by atoms with van der Waals surface area (Å²) in [6, 6.07) is 12.6. The number of methoxy groups -OCH3 is 1. The number of hydrogen-bond donors (Lipinski definition) is 2. The topological polar surface area (TPSA) is 125 Å². The second-order valence-corrected chi connectivity index (χ2v) is 9.23. The molecular weight excluding hydrogens is 543 g/mol. The molecule has 12 heteroatoms. The molecule has 0 spiro atoms. The van der Waals surface area contributed by atoms with E-state index in [1.807, 2.05) is 23.7 Å². The number of fused-ring (bicyclic) bond motifs is 1.